The van der Waals surface area contributed by atoms with E-state index in [9.17, 15) is 18.5 Å². The van der Waals surface area contributed by atoms with Crippen molar-refractivity contribution in [1.82, 2.24) is 0 Å². The van der Waals surface area contributed by atoms with Crippen LogP contribution in [-0.4, -0.2) is 13.3 Å². The second kappa shape index (κ2) is 5.24. The fourth-order valence-electron chi connectivity index (χ4n) is 0.902. The number of para-hydroxylation sites is 1. The van der Waals surface area contributed by atoms with Crippen molar-refractivity contribution in [3.63, 3.8) is 0 Å². The van der Waals surface area contributed by atoms with E-state index in [4.69, 9.17) is 16.7 Å². The van der Waals surface area contributed by atoms with Crippen molar-refractivity contribution in [2.24, 2.45) is 5.14 Å². The molecule has 1 aromatic carbocycles. The average Bonchev–Trinajstić information content (AvgIpc) is 2.01. The molecule has 78 valence electrons. The monoisotopic (exact) mass is 260 g/mol. The van der Waals surface area contributed by atoms with Gasteiger partial charge in [0.2, 0.25) is 10.0 Å². The summed E-state index contributed by atoms with van der Waals surface area (Å²) in [5, 5.41) is 15.0. The molecular weight excluding hydrogens is 255 g/mol. The molecule has 0 bridgehead atoms. The predicted octanol–water partition coefficient (Wildman–Crippen LogP) is -1.99. The summed E-state index contributed by atoms with van der Waals surface area (Å²) < 4.78 is 21.9. The minimum atomic E-state index is -4.13. The van der Waals surface area contributed by atoms with Crippen LogP contribution in [0.3, 0.4) is 0 Å². The molecule has 0 atom stereocenters. The van der Waals surface area contributed by atoms with Gasteiger partial charge < -0.3 is 1.43 Å². The molecule has 0 unspecified atom stereocenters. The molecule has 0 saturated heterocycles. The maximum atomic E-state index is 10.9. The molecular formula is C6H6ClN2NaO4S. The zero-order valence-electron chi connectivity index (χ0n) is 8.68. The average molecular weight is 261 g/mol. The maximum absolute atomic E-state index is 10.9. The van der Waals surface area contributed by atoms with E-state index in [0.717, 1.165) is 6.07 Å². The molecule has 0 radical (unpaired) electrons. The molecule has 0 aliphatic heterocycles. The quantitative estimate of drug-likeness (QED) is 0.378. The van der Waals surface area contributed by atoms with Crippen molar-refractivity contribution in [2.75, 3.05) is 0 Å². The second-order valence-electron chi connectivity index (χ2n) is 2.39. The van der Waals surface area contributed by atoms with Gasteiger partial charge in [-0.2, -0.15) is 0 Å². The zero-order valence-corrected chi connectivity index (χ0v) is 11.2. The van der Waals surface area contributed by atoms with Crippen LogP contribution >= 0.6 is 11.6 Å². The standard InChI is InChI=1S/C6H5ClN2O4S.Na.H/c7-4-2-1-3-5(14(8,12)13)6(4)9(10)11;;/h1-3H,(H2,8,12,13);;/q;+1;-1. The fourth-order valence-corrected chi connectivity index (χ4v) is 1.92. The number of nitrogens with zero attached hydrogens (tertiary/aromatic N) is 1. The summed E-state index contributed by atoms with van der Waals surface area (Å²) >= 11 is 5.47. The molecule has 2 N–H and O–H groups in total. The molecule has 1 aromatic rings. The molecule has 0 fully saturated rings. The molecule has 0 saturated carbocycles. The number of halogens is 1. The minimum absolute atomic E-state index is 0. The Labute approximate surface area is 114 Å². The number of nitro groups is 1. The SMILES string of the molecule is NS(=O)(=O)c1cccc(Cl)c1[N+](=O)[O-].[H-].[Na+]. The molecule has 0 aliphatic carbocycles. The van der Waals surface area contributed by atoms with Crippen LogP contribution in [0.25, 0.3) is 0 Å². The van der Waals surface area contributed by atoms with Crippen molar-refractivity contribution in [3.8, 4) is 0 Å². The number of nitro benzene ring substituents is 1. The second-order valence-corrected chi connectivity index (χ2v) is 4.33. The van der Waals surface area contributed by atoms with Crippen LogP contribution in [0, 0.1) is 10.1 Å². The summed E-state index contributed by atoms with van der Waals surface area (Å²) in [4.78, 5) is 9.02. The molecule has 0 amide bonds. The van der Waals surface area contributed by atoms with E-state index in [0.29, 0.717) is 0 Å². The zero-order chi connectivity index (χ0) is 10.9. The van der Waals surface area contributed by atoms with Gasteiger partial charge in [0.25, 0.3) is 0 Å². The van der Waals surface area contributed by atoms with E-state index in [1.807, 2.05) is 0 Å². The first-order valence-electron chi connectivity index (χ1n) is 3.29. The first-order chi connectivity index (χ1) is 6.34. The minimum Gasteiger partial charge on any atom is -1.00 e. The number of nitrogens with two attached hydrogens (primary N) is 1. The number of hydrogen-bond acceptors (Lipinski definition) is 4. The van der Waals surface area contributed by atoms with E-state index in [-0.39, 0.29) is 36.0 Å². The van der Waals surface area contributed by atoms with Crippen LogP contribution in [0.1, 0.15) is 1.43 Å². The van der Waals surface area contributed by atoms with E-state index < -0.39 is 25.5 Å². The molecule has 15 heavy (non-hydrogen) atoms. The van der Waals surface area contributed by atoms with Gasteiger partial charge in [0.05, 0.1) is 4.92 Å². The third kappa shape index (κ3) is 3.40. The Hall–Kier alpha value is -0.180. The van der Waals surface area contributed by atoms with Gasteiger partial charge >= 0.3 is 35.2 Å². The normalized spacial score (nSPS) is 10.5. The predicted molar refractivity (Wildman–Crippen MR) is 50.6 cm³/mol. The molecule has 9 heteroatoms. The maximum Gasteiger partial charge on any atom is 1.00 e. The largest absolute Gasteiger partial charge is 1.00 e. The van der Waals surface area contributed by atoms with Gasteiger partial charge in [-0.3, -0.25) is 10.1 Å². The van der Waals surface area contributed by atoms with E-state index in [2.05, 4.69) is 0 Å². The Morgan fingerprint density at radius 2 is 2.00 bits per heavy atom. The summed E-state index contributed by atoms with van der Waals surface area (Å²) in [5.41, 5.74) is -0.698. The van der Waals surface area contributed by atoms with Gasteiger partial charge in [0.1, 0.15) is 5.02 Å². The van der Waals surface area contributed by atoms with Crippen LogP contribution in [-0.2, 0) is 10.0 Å². The van der Waals surface area contributed by atoms with E-state index >= 15 is 0 Å². The van der Waals surface area contributed by atoms with Crippen molar-refractivity contribution >= 4 is 27.3 Å². The van der Waals surface area contributed by atoms with Crippen LogP contribution in [0.4, 0.5) is 5.69 Å². The molecule has 0 heterocycles. The summed E-state index contributed by atoms with van der Waals surface area (Å²) in [5.74, 6) is 0. The third-order valence-corrected chi connectivity index (χ3v) is 2.69. The molecule has 0 spiro atoms. The van der Waals surface area contributed by atoms with Gasteiger partial charge in [0, 0.05) is 0 Å². The van der Waals surface area contributed by atoms with Crippen molar-refractivity contribution in [3.05, 3.63) is 33.3 Å². The molecule has 0 aromatic heterocycles. The number of benzene rings is 1. The topological polar surface area (TPSA) is 103 Å². The van der Waals surface area contributed by atoms with Crippen molar-refractivity contribution < 1.29 is 44.3 Å². The van der Waals surface area contributed by atoms with Crippen LogP contribution in [0.15, 0.2) is 23.1 Å². The summed E-state index contributed by atoms with van der Waals surface area (Å²) in [6.45, 7) is 0. The molecule has 6 nitrogen and oxygen atoms in total. The first-order valence-corrected chi connectivity index (χ1v) is 5.22. The number of rotatable bonds is 2. The third-order valence-electron chi connectivity index (χ3n) is 1.44. The Kier molecular flexibility index (Phi) is 5.18. The smallest absolute Gasteiger partial charge is 1.00 e. The first kappa shape index (κ1) is 14.8. The fraction of sp³-hybridized carbons (Fsp3) is 0. The summed E-state index contributed by atoms with van der Waals surface area (Å²) in [6, 6.07) is 3.52. The molecule has 0 aliphatic rings. The van der Waals surface area contributed by atoms with E-state index in [1.165, 1.54) is 12.1 Å². The van der Waals surface area contributed by atoms with Crippen LogP contribution < -0.4 is 34.7 Å². The van der Waals surface area contributed by atoms with Crippen molar-refractivity contribution in [1.29, 1.82) is 0 Å². The Bertz CT molecular complexity index is 495. The summed E-state index contributed by atoms with van der Waals surface area (Å²) in [6.07, 6.45) is 0. The van der Waals surface area contributed by atoms with Gasteiger partial charge in [0.15, 0.2) is 4.90 Å². The van der Waals surface area contributed by atoms with Gasteiger partial charge in [-0.25, -0.2) is 13.6 Å². The Balaban J connectivity index is 0. The van der Waals surface area contributed by atoms with Crippen molar-refractivity contribution in [2.45, 2.75) is 4.90 Å². The molecule has 1 rings (SSSR count). The van der Waals surface area contributed by atoms with Crippen LogP contribution in [0.2, 0.25) is 5.02 Å². The number of primary sulfonamides is 1. The number of sulfonamides is 1. The van der Waals surface area contributed by atoms with Gasteiger partial charge in [-0.1, -0.05) is 17.7 Å². The van der Waals surface area contributed by atoms with E-state index in [1.54, 1.807) is 0 Å². The number of hydrogen-bond donors (Lipinski definition) is 1. The van der Waals surface area contributed by atoms with Gasteiger partial charge in [-0.15, -0.1) is 0 Å². The van der Waals surface area contributed by atoms with Crippen LogP contribution in [0.5, 0.6) is 0 Å². The van der Waals surface area contributed by atoms with Gasteiger partial charge in [-0.05, 0) is 12.1 Å². The Morgan fingerprint density at radius 1 is 1.47 bits per heavy atom. The summed E-state index contributed by atoms with van der Waals surface area (Å²) in [7, 11) is -4.13. The Morgan fingerprint density at radius 3 is 2.33 bits per heavy atom.